The summed E-state index contributed by atoms with van der Waals surface area (Å²) in [4.78, 5) is 0. The molecule has 0 spiro atoms. The second-order valence-electron chi connectivity index (χ2n) is 3.92. The van der Waals surface area contributed by atoms with Crippen molar-refractivity contribution in [2.45, 2.75) is 51.9 Å². The summed E-state index contributed by atoms with van der Waals surface area (Å²) in [5, 5.41) is 0. The van der Waals surface area contributed by atoms with Crippen LogP contribution >= 0.6 is 0 Å². The van der Waals surface area contributed by atoms with Crippen molar-refractivity contribution < 1.29 is 0 Å². The summed E-state index contributed by atoms with van der Waals surface area (Å²) in [7, 11) is 0. The van der Waals surface area contributed by atoms with Gasteiger partial charge in [-0.1, -0.05) is 57.4 Å². The smallest absolute Gasteiger partial charge is 0.0146 e. The van der Waals surface area contributed by atoms with Crippen molar-refractivity contribution in [3.05, 3.63) is 35.9 Å². The third kappa shape index (κ3) is 3.53. The molecule has 0 bridgehead atoms. The Labute approximate surface area is 88.4 Å². The molecule has 0 aliphatic carbocycles. The van der Waals surface area contributed by atoms with E-state index in [1.807, 2.05) is 12.1 Å². The van der Waals surface area contributed by atoms with E-state index in [4.69, 9.17) is 0 Å². The third-order valence-corrected chi connectivity index (χ3v) is 2.82. The lowest BCUT2D eigenvalue weighted by molar-refractivity contribution is 0.553. The van der Waals surface area contributed by atoms with Crippen molar-refractivity contribution in [3.63, 3.8) is 0 Å². The molecule has 0 aliphatic heterocycles. The molecule has 0 heteroatoms. The van der Waals surface area contributed by atoms with E-state index in [2.05, 4.69) is 32.0 Å². The van der Waals surface area contributed by atoms with Gasteiger partial charge in [0, 0.05) is 0 Å². The van der Waals surface area contributed by atoms with Gasteiger partial charge in [-0.05, 0) is 30.4 Å². The van der Waals surface area contributed by atoms with Gasteiger partial charge in [0.1, 0.15) is 0 Å². The fourth-order valence-corrected chi connectivity index (χ4v) is 1.88. The molecule has 0 aromatic heterocycles. The van der Waals surface area contributed by atoms with Gasteiger partial charge < -0.3 is 0 Å². The molecule has 1 radical (unpaired) electrons. The normalized spacial score (nSPS) is 12.7. The van der Waals surface area contributed by atoms with Crippen molar-refractivity contribution in [2.24, 2.45) is 0 Å². The van der Waals surface area contributed by atoms with Crippen molar-refractivity contribution >= 4 is 0 Å². The number of hydrogen-bond donors (Lipinski definition) is 0. The molecule has 1 aromatic carbocycles. The number of unbranched alkanes of at least 4 members (excludes halogenated alkanes) is 2. The Morgan fingerprint density at radius 1 is 1.21 bits per heavy atom. The van der Waals surface area contributed by atoms with Crippen LogP contribution < -0.4 is 0 Å². The predicted octanol–water partition coefficient (Wildman–Crippen LogP) is 4.56. The molecule has 1 unspecified atom stereocenters. The lowest BCUT2D eigenvalue weighted by atomic mass is 9.91. The van der Waals surface area contributed by atoms with Crippen molar-refractivity contribution in [2.75, 3.05) is 0 Å². The Kier molecular flexibility index (Phi) is 5.36. The van der Waals surface area contributed by atoms with Gasteiger partial charge in [0.05, 0.1) is 0 Å². The zero-order valence-electron chi connectivity index (χ0n) is 9.42. The highest BCUT2D eigenvalue weighted by atomic mass is 14.1. The molecule has 1 rings (SSSR count). The van der Waals surface area contributed by atoms with Crippen molar-refractivity contribution in [3.8, 4) is 0 Å². The molecule has 0 aliphatic rings. The van der Waals surface area contributed by atoms with E-state index in [0.717, 1.165) is 5.92 Å². The molecule has 0 saturated carbocycles. The van der Waals surface area contributed by atoms with Crippen LogP contribution in [0.3, 0.4) is 0 Å². The molecule has 0 heterocycles. The Bertz CT molecular complexity index is 225. The van der Waals surface area contributed by atoms with Crippen LogP contribution in [0.5, 0.6) is 0 Å². The Hall–Kier alpha value is -0.780. The summed E-state index contributed by atoms with van der Waals surface area (Å²) < 4.78 is 0. The Morgan fingerprint density at radius 3 is 2.64 bits per heavy atom. The van der Waals surface area contributed by atoms with Crippen LogP contribution in [-0.4, -0.2) is 0 Å². The van der Waals surface area contributed by atoms with Gasteiger partial charge in [-0.2, -0.15) is 0 Å². The first-order valence-corrected chi connectivity index (χ1v) is 5.85. The van der Waals surface area contributed by atoms with Gasteiger partial charge in [-0.3, -0.25) is 0 Å². The fraction of sp³-hybridized carbons (Fsp3) is 0.571. The van der Waals surface area contributed by atoms with Crippen LogP contribution in [0.1, 0.15) is 57.4 Å². The molecule has 0 amide bonds. The summed E-state index contributed by atoms with van der Waals surface area (Å²) in [6.45, 7) is 4.53. The van der Waals surface area contributed by atoms with Crippen molar-refractivity contribution in [1.29, 1.82) is 0 Å². The quantitative estimate of drug-likeness (QED) is 0.575. The Morgan fingerprint density at radius 2 is 2.07 bits per heavy atom. The maximum Gasteiger partial charge on any atom is -0.0146 e. The van der Waals surface area contributed by atoms with E-state index in [-0.39, 0.29) is 0 Å². The third-order valence-electron chi connectivity index (χ3n) is 2.82. The lowest BCUT2D eigenvalue weighted by Crippen LogP contribution is -1.97. The minimum Gasteiger partial charge on any atom is -0.0654 e. The van der Waals surface area contributed by atoms with Crippen LogP contribution in [0.2, 0.25) is 0 Å². The molecule has 1 aromatic rings. The van der Waals surface area contributed by atoms with Gasteiger partial charge in [0.15, 0.2) is 0 Å². The summed E-state index contributed by atoms with van der Waals surface area (Å²) >= 11 is 0. The van der Waals surface area contributed by atoms with Gasteiger partial charge in [-0.15, -0.1) is 0 Å². The first-order chi connectivity index (χ1) is 6.88. The molecule has 77 valence electrons. The first-order valence-electron chi connectivity index (χ1n) is 5.85. The zero-order valence-corrected chi connectivity index (χ0v) is 9.42. The van der Waals surface area contributed by atoms with E-state index >= 15 is 0 Å². The Balaban J connectivity index is 2.46. The molecular formula is C14H21. The van der Waals surface area contributed by atoms with E-state index in [1.54, 1.807) is 0 Å². The maximum atomic E-state index is 3.35. The monoisotopic (exact) mass is 189 g/mol. The summed E-state index contributed by atoms with van der Waals surface area (Å²) in [6.07, 6.45) is 6.60. The van der Waals surface area contributed by atoms with Crippen LogP contribution in [0.25, 0.3) is 0 Å². The van der Waals surface area contributed by atoms with Gasteiger partial charge in [-0.25, -0.2) is 0 Å². The molecule has 0 nitrogen and oxygen atoms in total. The number of benzene rings is 1. The first kappa shape index (κ1) is 11.3. The van der Waals surface area contributed by atoms with Gasteiger partial charge >= 0.3 is 0 Å². The lowest BCUT2D eigenvalue weighted by Gasteiger charge is -2.14. The second-order valence-corrected chi connectivity index (χ2v) is 3.92. The van der Waals surface area contributed by atoms with E-state index in [9.17, 15) is 0 Å². The molecular weight excluding hydrogens is 168 g/mol. The zero-order chi connectivity index (χ0) is 10.2. The molecule has 1 atom stereocenters. The largest absolute Gasteiger partial charge is 0.0654 e. The summed E-state index contributed by atoms with van der Waals surface area (Å²) in [6, 6.07) is 11.7. The standard InChI is InChI=1S/C14H21/c1-3-5-7-10-13(4-2)14-11-8-6-9-12-14/h6,8-9,11,13H,3-5,7,10H2,1-2H3. The van der Waals surface area contributed by atoms with E-state index < -0.39 is 0 Å². The highest BCUT2D eigenvalue weighted by Crippen LogP contribution is 2.24. The van der Waals surface area contributed by atoms with Crippen LogP contribution in [0, 0.1) is 6.07 Å². The van der Waals surface area contributed by atoms with Crippen LogP contribution in [-0.2, 0) is 0 Å². The number of rotatable bonds is 6. The molecule has 0 fully saturated rings. The second kappa shape index (κ2) is 6.64. The molecule has 14 heavy (non-hydrogen) atoms. The minimum atomic E-state index is 0.725. The van der Waals surface area contributed by atoms with Crippen LogP contribution in [0.4, 0.5) is 0 Å². The van der Waals surface area contributed by atoms with E-state index in [1.165, 1.54) is 37.7 Å². The SMILES string of the molecule is CCCCCC(CC)c1[c]cccc1. The molecule has 0 N–H and O–H groups in total. The van der Waals surface area contributed by atoms with Crippen LogP contribution in [0.15, 0.2) is 24.3 Å². The predicted molar refractivity (Wildman–Crippen MR) is 62.5 cm³/mol. The minimum absolute atomic E-state index is 0.725. The molecule has 0 saturated heterocycles. The summed E-state index contributed by atoms with van der Waals surface area (Å²) in [5.74, 6) is 0.725. The summed E-state index contributed by atoms with van der Waals surface area (Å²) in [5.41, 5.74) is 1.39. The average Bonchev–Trinajstić information content (AvgIpc) is 2.26. The van der Waals surface area contributed by atoms with Crippen molar-refractivity contribution in [1.82, 2.24) is 0 Å². The van der Waals surface area contributed by atoms with Gasteiger partial charge in [0.25, 0.3) is 0 Å². The number of hydrogen-bond acceptors (Lipinski definition) is 0. The topological polar surface area (TPSA) is 0 Å². The van der Waals surface area contributed by atoms with Gasteiger partial charge in [0.2, 0.25) is 0 Å². The fourth-order valence-electron chi connectivity index (χ4n) is 1.88. The maximum absolute atomic E-state index is 3.35. The van der Waals surface area contributed by atoms with E-state index in [0.29, 0.717) is 0 Å². The highest BCUT2D eigenvalue weighted by molar-refractivity contribution is 5.17. The highest BCUT2D eigenvalue weighted by Gasteiger charge is 2.07. The average molecular weight is 189 g/mol.